The first-order valence-corrected chi connectivity index (χ1v) is 6.71. The lowest BCUT2D eigenvalue weighted by molar-refractivity contribution is 0.274. The van der Waals surface area contributed by atoms with E-state index in [1.807, 2.05) is 19.1 Å². The first-order chi connectivity index (χ1) is 7.51. The summed E-state index contributed by atoms with van der Waals surface area (Å²) in [6, 6.07) is 7.05. The Hall–Kier alpha value is -0.910. The van der Waals surface area contributed by atoms with Gasteiger partial charge in [0, 0.05) is 26.2 Å². The van der Waals surface area contributed by atoms with E-state index in [-0.39, 0.29) is 6.04 Å². The van der Waals surface area contributed by atoms with Gasteiger partial charge in [0.2, 0.25) is 10.0 Å². The summed E-state index contributed by atoms with van der Waals surface area (Å²) >= 11 is 0. The first-order valence-electron chi connectivity index (χ1n) is 5.27. The lowest BCUT2D eigenvalue weighted by Crippen LogP contribution is -2.57. The van der Waals surface area contributed by atoms with Gasteiger partial charge < -0.3 is 5.32 Å². The predicted molar refractivity (Wildman–Crippen MR) is 62.8 cm³/mol. The van der Waals surface area contributed by atoms with Crippen LogP contribution < -0.4 is 5.32 Å². The van der Waals surface area contributed by atoms with Gasteiger partial charge >= 0.3 is 0 Å². The van der Waals surface area contributed by atoms with Gasteiger partial charge in [0.1, 0.15) is 0 Å². The van der Waals surface area contributed by atoms with Crippen LogP contribution in [0.5, 0.6) is 0 Å². The van der Waals surface area contributed by atoms with Crippen molar-refractivity contribution in [2.24, 2.45) is 0 Å². The highest BCUT2D eigenvalue weighted by Gasteiger charge is 2.31. The Morgan fingerprint density at radius 3 is 2.25 bits per heavy atom. The Bertz CT molecular complexity index is 463. The van der Waals surface area contributed by atoms with Gasteiger partial charge in [0.15, 0.2) is 0 Å². The topological polar surface area (TPSA) is 49.4 Å². The molecule has 16 heavy (non-hydrogen) atoms. The number of likely N-dealkylation sites (N-methyl/N-ethyl adjacent to an activating group) is 1. The monoisotopic (exact) mass is 240 g/mol. The third-order valence-electron chi connectivity index (χ3n) is 2.97. The Morgan fingerprint density at radius 2 is 1.81 bits per heavy atom. The van der Waals surface area contributed by atoms with Crippen molar-refractivity contribution in [3.8, 4) is 0 Å². The molecule has 2 rings (SSSR count). The SMILES string of the molecule is Cc1ccc(S(=O)(=O)N(C)C2CNC2)cc1. The number of nitrogens with one attached hydrogen (secondary N) is 1. The average molecular weight is 240 g/mol. The predicted octanol–water partition coefficient (Wildman–Crippen LogP) is 0.587. The molecule has 88 valence electrons. The summed E-state index contributed by atoms with van der Waals surface area (Å²) in [7, 11) is -1.68. The van der Waals surface area contributed by atoms with E-state index in [1.54, 1.807) is 19.2 Å². The summed E-state index contributed by atoms with van der Waals surface area (Å²) in [5, 5.41) is 3.07. The summed E-state index contributed by atoms with van der Waals surface area (Å²) < 4.78 is 25.8. The van der Waals surface area contributed by atoms with Crippen molar-refractivity contribution < 1.29 is 8.42 Å². The van der Waals surface area contributed by atoms with E-state index >= 15 is 0 Å². The van der Waals surface area contributed by atoms with E-state index in [1.165, 1.54) is 4.31 Å². The van der Waals surface area contributed by atoms with Gasteiger partial charge in [-0.2, -0.15) is 4.31 Å². The molecule has 1 saturated heterocycles. The molecular formula is C11H16N2O2S. The van der Waals surface area contributed by atoms with E-state index in [0.717, 1.165) is 18.7 Å². The lowest BCUT2D eigenvalue weighted by Gasteiger charge is -2.34. The lowest BCUT2D eigenvalue weighted by atomic mass is 10.2. The number of rotatable bonds is 3. The molecule has 1 N–H and O–H groups in total. The van der Waals surface area contributed by atoms with Crippen LogP contribution >= 0.6 is 0 Å². The third-order valence-corrected chi connectivity index (χ3v) is 4.90. The standard InChI is InChI=1S/C11H16N2O2S/c1-9-3-5-11(6-4-9)16(14,15)13(2)10-7-12-8-10/h3-6,10,12H,7-8H2,1-2H3. The van der Waals surface area contributed by atoms with Crippen molar-refractivity contribution in [2.75, 3.05) is 20.1 Å². The van der Waals surface area contributed by atoms with Crippen LogP contribution in [0.2, 0.25) is 0 Å². The van der Waals surface area contributed by atoms with Crippen molar-refractivity contribution >= 4 is 10.0 Å². The summed E-state index contributed by atoms with van der Waals surface area (Å²) in [5.41, 5.74) is 1.06. The maximum atomic E-state index is 12.2. The molecule has 0 amide bonds. The van der Waals surface area contributed by atoms with E-state index < -0.39 is 10.0 Å². The number of nitrogens with zero attached hydrogens (tertiary/aromatic N) is 1. The minimum atomic E-state index is -3.32. The van der Waals surface area contributed by atoms with Crippen molar-refractivity contribution in [1.29, 1.82) is 0 Å². The molecule has 0 atom stereocenters. The fraction of sp³-hybridized carbons (Fsp3) is 0.455. The molecule has 4 nitrogen and oxygen atoms in total. The van der Waals surface area contributed by atoms with Crippen LogP contribution in [0.1, 0.15) is 5.56 Å². The van der Waals surface area contributed by atoms with Gasteiger partial charge in [-0.1, -0.05) is 17.7 Å². The highest BCUT2D eigenvalue weighted by Crippen LogP contribution is 2.18. The number of aryl methyl sites for hydroxylation is 1. The second-order valence-electron chi connectivity index (χ2n) is 4.15. The van der Waals surface area contributed by atoms with Gasteiger partial charge in [-0.25, -0.2) is 8.42 Å². The average Bonchev–Trinajstić information content (AvgIpc) is 2.15. The molecule has 0 aromatic heterocycles. The van der Waals surface area contributed by atoms with Crippen molar-refractivity contribution in [1.82, 2.24) is 9.62 Å². The minimum absolute atomic E-state index is 0.0892. The zero-order chi connectivity index (χ0) is 11.8. The largest absolute Gasteiger partial charge is 0.313 e. The Morgan fingerprint density at radius 1 is 1.25 bits per heavy atom. The molecule has 0 saturated carbocycles. The molecule has 0 spiro atoms. The van der Waals surface area contributed by atoms with Crippen LogP contribution in [-0.2, 0) is 10.0 Å². The van der Waals surface area contributed by atoms with Gasteiger partial charge in [0.25, 0.3) is 0 Å². The van der Waals surface area contributed by atoms with Crippen LogP contribution in [0.3, 0.4) is 0 Å². The fourth-order valence-corrected chi connectivity index (χ4v) is 2.96. The molecule has 1 aliphatic heterocycles. The first kappa shape index (κ1) is 11.6. The summed E-state index contributed by atoms with van der Waals surface area (Å²) in [4.78, 5) is 0.368. The van der Waals surface area contributed by atoms with E-state index in [2.05, 4.69) is 5.32 Å². The Labute approximate surface area is 96.3 Å². The zero-order valence-electron chi connectivity index (χ0n) is 9.47. The van der Waals surface area contributed by atoms with E-state index in [9.17, 15) is 8.42 Å². The number of hydrogen-bond donors (Lipinski definition) is 1. The molecule has 1 aromatic rings. The van der Waals surface area contributed by atoms with E-state index in [0.29, 0.717) is 4.90 Å². The van der Waals surface area contributed by atoms with Crippen LogP contribution in [0, 0.1) is 6.92 Å². The van der Waals surface area contributed by atoms with Crippen LogP contribution in [-0.4, -0.2) is 38.9 Å². The van der Waals surface area contributed by atoms with Gasteiger partial charge in [-0.3, -0.25) is 0 Å². The normalized spacial score (nSPS) is 17.4. The number of hydrogen-bond acceptors (Lipinski definition) is 3. The molecule has 5 heteroatoms. The molecule has 0 radical (unpaired) electrons. The Kier molecular flexibility index (Phi) is 3.01. The fourth-order valence-electron chi connectivity index (χ4n) is 1.60. The molecule has 0 aliphatic carbocycles. The molecule has 1 aliphatic rings. The third kappa shape index (κ3) is 1.98. The van der Waals surface area contributed by atoms with Gasteiger partial charge in [-0.15, -0.1) is 0 Å². The van der Waals surface area contributed by atoms with Crippen LogP contribution in [0.25, 0.3) is 0 Å². The Balaban J connectivity index is 2.27. The summed E-state index contributed by atoms with van der Waals surface area (Å²) in [5.74, 6) is 0. The maximum absolute atomic E-state index is 12.2. The number of sulfonamides is 1. The molecule has 1 aromatic carbocycles. The van der Waals surface area contributed by atoms with E-state index in [4.69, 9.17) is 0 Å². The second-order valence-corrected chi connectivity index (χ2v) is 6.14. The van der Waals surface area contributed by atoms with Crippen molar-refractivity contribution in [3.05, 3.63) is 29.8 Å². The van der Waals surface area contributed by atoms with Crippen molar-refractivity contribution in [2.45, 2.75) is 17.9 Å². The molecular weight excluding hydrogens is 224 g/mol. The molecule has 1 fully saturated rings. The quantitative estimate of drug-likeness (QED) is 0.841. The molecule has 1 heterocycles. The minimum Gasteiger partial charge on any atom is -0.313 e. The van der Waals surface area contributed by atoms with Crippen molar-refractivity contribution in [3.63, 3.8) is 0 Å². The highest BCUT2D eigenvalue weighted by molar-refractivity contribution is 7.89. The molecule has 0 unspecified atom stereocenters. The van der Waals surface area contributed by atoms with Gasteiger partial charge in [0.05, 0.1) is 4.90 Å². The molecule has 0 bridgehead atoms. The summed E-state index contributed by atoms with van der Waals surface area (Å²) in [6.07, 6.45) is 0. The smallest absolute Gasteiger partial charge is 0.243 e. The second kappa shape index (κ2) is 4.16. The van der Waals surface area contributed by atoms with Gasteiger partial charge in [-0.05, 0) is 19.1 Å². The highest BCUT2D eigenvalue weighted by atomic mass is 32.2. The maximum Gasteiger partial charge on any atom is 0.243 e. The summed E-state index contributed by atoms with van der Waals surface area (Å²) in [6.45, 7) is 3.42. The zero-order valence-corrected chi connectivity index (χ0v) is 10.3. The van der Waals surface area contributed by atoms with Crippen LogP contribution in [0.4, 0.5) is 0 Å². The number of benzene rings is 1. The van der Waals surface area contributed by atoms with Crippen LogP contribution in [0.15, 0.2) is 29.2 Å².